The van der Waals surface area contributed by atoms with Crippen LogP contribution in [0.2, 0.25) is 0 Å². The Kier molecular flexibility index (Phi) is 4.51. The van der Waals surface area contributed by atoms with Gasteiger partial charge < -0.3 is 10.5 Å². The normalized spacial score (nSPS) is 12.4. The van der Waals surface area contributed by atoms with Gasteiger partial charge in [-0.25, -0.2) is 4.68 Å². The van der Waals surface area contributed by atoms with Crippen molar-refractivity contribution in [3.05, 3.63) is 5.69 Å². The Morgan fingerprint density at radius 3 is 2.53 bits per heavy atom. The number of hydrogen-bond donors (Lipinski definition) is 1. The minimum atomic E-state index is -0.0500. The SMILES string of the molecule is CC(C)COCCn1nnc(N)c1C(C)(C)C. The average Bonchev–Trinajstić information content (AvgIpc) is 2.53. The van der Waals surface area contributed by atoms with E-state index >= 15 is 0 Å². The zero-order valence-corrected chi connectivity index (χ0v) is 11.5. The van der Waals surface area contributed by atoms with Crippen molar-refractivity contribution in [1.29, 1.82) is 0 Å². The van der Waals surface area contributed by atoms with Crippen LogP contribution in [0.3, 0.4) is 0 Å². The van der Waals surface area contributed by atoms with Crippen molar-refractivity contribution in [2.45, 2.75) is 46.6 Å². The van der Waals surface area contributed by atoms with Gasteiger partial charge in [-0.15, -0.1) is 5.10 Å². The van der Waals surface area contributed by atoms with Gasteiger partial charge in [0.2, 0.25) is 0 Å². The molecule has 0 spiro atoms. The van der Waals surface area contributed by atoms with E-state index in [0.717, 1.165) is 12.3 Å². The molecular weight excluding hydrogens is 216 g/mol. The number of nitrogens with zero attached hydrogens (tertiary/aromatic N) is 3. The summed E-state index contributed by atoms with van der Waals surface area (Å²) >= 11 is 0. The molecule has 0 atom stereocenters. The molecule has 2 N–H and O–H groups in total. The Labute approximate surface area is 103 Å². The monoisotopic (exact) mass is 240 g/mol. The third-order valence-electron chi connectivity index (χ3n) is 2.37. The molecule has 1 heterocycles. The number of ether oxygens (including phenoxy) is 1. The Bertz CT molecular complexity index is 352. The van der Waals surface area contributed by atoms with Crippen molar-refractivity contribution < 1.29 is 4.74 Å². The molecule has 0 aromatic carbocycles. The van der Waals surface area contributed by atoms with Gasteiger partial charge in [-0.05, 0) is 5.92 Å². The van der Waals surface area contributed by atoms with Crippen molar-refractivity contribution in [3.63, 3.8) is 0 Å². The van der Waals surface area contributed by atoms with Gasteiger partial charge in [0, 0.05) is 12.0 Å². The second-order valence-corrected chi connectivity index (χ2v) is 5.77. The molecular formula is C12H24N4O. The maximum Gasteiger partial charge on any atom is 0.169 e. The second-order valence-electron chi connectivity index (χ2n) is 5.77. The van der Waals surface area contributed by atoms with Crippen LogP contribution in [0.5, 0.6) is 0 Å². The first-order valence-electron chi connectivity index (χ1n) is 6.09. The van der Waals surface area contributed by atoms with Crippen LogP contribution in [0.4, 0.5) is 5.82 Å². The number of hydrogen-bond acceptors (Lipinski definition) is 4. The van der Waals surface area contributed by atoms with Gasteiger partial charge in [-0.3, -0.25) is 0 Å². The first kappa shape index (κ1) is 14.0. The fourth-order valence-electron chi connectivity index (χ4n) is 1.72. The Morgan fingerprint density at radius 2 is 2.00 bits per heavy atom. The van der Waals surface area contributed by atoms with Gasteiger partial charge in [-0.2, -0.15) is 0 Å². The van der Waals surface area contributed by atoms with E-state index in [9.17, 15) is 0 Å². The van der Waals surface area contributed by atoms with Crippen molar-refractivity contribution in [3.8, 4) is 0 Å². The largest absolute Gasteiger partial charge is 0.381 e. The molecule has 0 amide bonds. The van der Waals surface area contributed by atoms with E-state index in [-0.39, 0.29) is 5.41 Å². The van der Waals surface area contributed by atoms with Crippen LogP contribution in [0.25, 0.3) is 0 Å². The Hall–Kier alpha value is -1.10. The summed E-state index contributed by atoms with van der Waals surface area (Å²) in [6, 6.07) is 0. The van der Waals surface area contributed by atoms with Crippen LogP contribution in [0.15, 0.2) is 0 Å². The topological polar surface area (TPSA) is 66.0 Å². The molecule has 0 bridgehead atoms. The smallest absolute Gasteiger partial charge is 0.169 e. The van der Waals surface area contributed by atoms with Gasteiger partial charge in [0.1, 0.15) is 0 Å². The van der Waals surface area contributed by atoms with Gasteiger partial charge >= 0.3 is 0 Å². The van der Waals surface area contributed by atoms with E-state index in [1.54, 1.807) is 0 Å². The summed E-state index contributed by atoms with van der Waals surface area (Å²) in [6.45, 7) is 12.7. The highest BCUT2D eigenvalue weighted by molar-refractivity contribution is 5.37. The molecule has 0 radical (unpaired) electrons. The third-order valence-corrected chi connectivity index (χ3v) is 2.37. The number of rotatable bonds is 5. The summed E-state index contributed by atoms with van der Waals surface area (Å²) in [6.07, 6.45) is 0. The van der Waals surface area contributed by atoms with Gasteiger partial charge in [-0.1, -0.05) is 39.8 Å². The molecule has 1 rings (SSSR count). The second kappa shape index (κ2) is 5.49. The number of nitrogens with two attached hydrogens (primary N) is 1. The van der Waals surface area contributed by atoms with E-state index in [1.165, 1.54) is 0 Å². The van der Waals surface area contributed by atoms with Crippen molar-refractivity contribution >= 4 is 5.82 Å². The van der Waals surface area contributed by atoms with Gasteiger partial charge in [0.25, 0.3) is 0 Å². The molecule has 0 aliphatic carbocycles. The molecule has 5 heteroatoms. The summed E-state index contributed by atoms with van der Waals surface area (Å²) in [7, 11) is 0. The van der Waals surface area contributed by atoms with Crippen LogP contribution >= 0.6 is 0 Å². The quantitative estimate of drug-likeness (QED) is 0.797. The predicted molar refractivity (Wildman–Crippen MR) is 68.8 cm³/mol. The fourth-order valence-corrected chi connectivity index (χ4v) is 1.72. The maximum atomic E-state index is 5.84. The summed E-state index contributed by atoms with van der Waals surface area (Å²) in [5.74, 6) is 1.07. The van der Waals surface area contributed by atoms with Gasteiger partial charge in [0.05, 0.1) is 18.8 Å². The summed E-state index contributed by atoms with van der Waals surface area (Å²) in [4.78, 5) is 0. The highest BCUT2D eigenvalue weighted by atomic mass is 16.5. The standard InChI is InChI=1S/C12H24N4O/c1-9(2)8-17-7-6-16-10(12(3,4)5)11(13)14-15-16/h9H,6-8,13H2,1-5H3. The zero-order chi connectivity index (χ0) is 13.1. The highest BCUT2D eigenvalue weighted by Crippen LogP contribution is 2.25. The first-order chi connectivity index (χ1) is 7.82. The lowest BCUT2D eigenvalue weighted by Gasteiger charge is -2.20. The maximum absolute atomic E-state index is 5.84. The molecule has 5 nitrogen and oxygen atoms in total. The van der Waals surface area contributed by atoms with E-state index in [0.29, 0.717) is 24.9 Å². The highest BCUT2D eigenvalue weighted by Gasteiger charge is 2.23. The zero-order valence-electron chi connectivity index (χ0n) is 11.5. The number of nitrogen functional groups attached to an aromatic ring is 1. The average molecular weight is 240 g/mol. The lowest BCUT2D eigenvalue weighted by molar-refractivity contribution is 0.0995. The van der Waals surface area contributed by atoms with Crippen LogP contribution in [-0.4, -0.2) is 28.2 Å². The van der Waals surface area contributed by atoms with Crippen LogP contribution < -0.4 is 5.73 Å². The Morgan fingerprint density at radius 1 is 1.35 bits per heavy atom. The van der Waals surface area contributed by atoms with Crippen LogP contribution in [-0.2, 0) is 16.7 Å². The molecule has 0 saturated carbocycles. The lowest BCUT2D eigenvalue weighted by atomic mass is 9.92. The number of aromatic nitrogens is 3. The molecule has 0 saturated heterocycles. The molecule has 0 unspecified atom stereocenters. The van der Waals surface area contributed by atoms with Crippen molar-refractivity contribution in [2.24, 2.45) is 5.92 Å². The molecule has 0 aliphatic heterocycles. The molecule has 17 heavy (non-hydrogen) atoms. The van der Waals surface area contributed by atoms with Crippen LogP contribution in [0.1, 0.15) is 40.3 Å². The first-order valence-corrected chi connectivity index (χ1v) is 6.09. The summed E-state index contributed by atoms with van der Waals surface area (Å²) < 4.78 is 7.39. The third kappa shape index (κ3) is 4.00. The molecule has 98 valence electrons. The van der Waals surface area contributed by atoms with E-state index < -0.39 is 0 Å². The predicted octanol–water partition coefficient (Wildman–Crippen LogP) is 1.83. The summed E-state index contributed by atoms with van der Waals surface area (Å²) in [5.41, 5.74) is 6.77. The van der Waals surface area contributed by atoms with Crippen LogP contribution in [0, 0.1) is 5.92 Å². The van der Waals surface area contributed by atoms with E-state index in [2.05, 4.69) is 44.9 Å². The van der Waals surface area contributed by atoms with Gasteiger partial charge in [0.15, 0.2) is 5.82 Å². The lowest BCUT2D eigenvalue weighted by Crippen LogP contribution is -2.22. The minimum absolute atomic E-state index is 0.0500. The Balaban J connectivity index is 2.60. The van der Waals surface area contributed by atoms with Crippen molar-refractivity contribution in [2.75, 3.05) is 18.9 Å². The van der Waals surface area contributed by atoms with E-state index in [1.807, 2.05) is 4.68 Å². The fraction of sp³-hybridized carbons (Fsp3) is 0.833. The molecule has 0 aliphatic rings. The molecule has 0 fully saturated rings. The minimum Gasteiger partial charge on any atom is -0.381 e. The number of anilines is 1. The molecule has 1 aromatic heterocycles. The molecule has 1 aromatic rings. The van der Waals surface area contributed by atoms with E-state index in [4.69, 9.17) is 10.5 Å². The summed E-state index contributed by atoms with van der Waals surface area (Å²) in [5, 5.41) is 7.99. The van der Waals surface area contributed by atoms with Crippen molar-refractivity contribution in [1.82, 2.24) is 15.0 Å².